The van der Waals surface area contributed by atoms with E-state index in [0.29, 0.717) is 17.5 Å². The third-order valence-corrected chi connectivity index (χ3v) is 8.77. The molecule has 3 unspecified atom stereocenters. The summed E-state index contributed by atoms with van der Waals surface area (Å²) in [5.41, 5.74) is 0.862. The summed E-state index contributed by atoms with van der Waals surface area (Å²) < 4.78 is 107. The Morgan fingerprint density at radius 1 is 1.08 bits per heavy atom. The quantitative estimate of drug-likeness (QED) is 0.418. The van der Waals surface area contributed by atoms with E-state index in [-0.39, 0.29) is 36.9 Å². The van der Waals surface area contributed by atoms with Crippen molar-refractivity contribution in [2.45, 2.75) is 42.4 Å². The minimum absolute atomic E-state index is 0.0365. The number of halogens is 5. The number of sulfonamides is 1. The van der Waals surface area contributed by atoms with E-state index in [1.165, 1.54) is 24.3 Å². The zero-order chi connectivity index (χ0) is 26.4. The number of alkyl halides is 3. The average molecular weight is 561 g/mol. The van der Waals surface area contributed by atoms with Gasteiger partial charge in [-0.05, 0) is 43.1 Å². The summed E-state index contributed by atoms with van der Waals surface area (Å²) in [6, 6.07) is 6.22. The second kappa shape index (κ2) is 9.80. The van der Waals surface area contributed by atoms with Crippen LogP contribution in [0.4, 0.5) is 27.1 Å². The Labute approximate surface area is 213 Å². The van der Waals surface area contributed by atoms with Crippen molar-refractivity contribution in [3.8, 4) is 5.75 Å². The molecule has 2 aliphatic rings. The Bertz CT molecular complexity index is 1370. The highest BCUT2D eigenvalue weighted by Gasteiger charge is 2.46. The molecule has 198 valence electrons. The van der Waals surface area contributed by atoms with E-state index in [1.54, 1.807) is 0 Å². The van der Waals surface area contributed by atoms with Crippen LogP contribution in [0.3, 0.4) is 0 Å². The maximum absolute atomic E-state index is 15.2. The lowest BCUT2D eigenvalue weighted by Crippen LogP contribution is -2.44. The molecule has 5 rings (SSSR count). The van der Waals surface area contributed by atoms with E-state index in [0.717, 1.165) is 30.0 Å². The molecule has 0 spiro atoms. The summed E-state index contributed by atoms with van der Waals surface area (Å²) in [6.45, 7) is 0.221. The molecule has 3 atom stereocenters. The van der Waals surface area contributed by atoms with Crippen molar-refractivity contribution in [3.05, 3.63) is 65.5 Å². The number of hydrogen-bond donors (Lipinski definition) is 1. The van der Waals surface area contributed by atoms with E-state index in [1.807, 2.05) is 4.90 Å². The lowest BCUT2D eigenvalue weighted by Gasteiger charge is -2.46. The van der Waals surface area contributed by atoms with Gasteiger partial charge in [0.1, 0.15) is 28.6 Å². The summed E-state index contributed by atoms with van der Waals surface area (Å²) in [6.07, 6.45) is -3.25. The van der Waals surface area contributed by atoms with Gasteiger partial charge in [0.05, 0.1) is 12.5 Å². The predicted molar refractivity (Wildman–Crippen MR) is 125 cm³/mol. The fraction of sp³-hybridized carbons (Fsp3) is 0.391. The van der Waals surface area contributed by atoms with Crippen LogP contribution in [0, 0.1) is 17.6 Å². The van der Waals surface area contributed by atoms with Crippen LogP contribution in [0.5, 0.6) is 5.75 Å². The molecule has 7 nitrogen and oxygen atoms in total. The fourth-order valence-corrected chi connectivity index (χ4v) is 6.71. The van der Waals surface area contributed by atoms with E-state index in [4.69, 9.17) is 4.74 Å². The second-order valence-corrected chi connectivity index (χ2v) is 11.3. The number of anilines is 1. The van der Waals surface area contributed by atoms with E-state index < -0.39 is 50.7 Å². The molecule has 14 heteroatoms. The van der Waals surface area contributed by atoms with Gasteiger partial charge in [-0.1, -0.05) is 12.1 Å². The minimum atomic E-state index is -4.38. The predicted octanol–water partition coefficient (Wildman–Crippen LogP) is 5.46. The lowest BCUT2D eigenvalue weighted by molar-refractivity contribution is -0.192. The van der Waals surface area contributed by atoms with Crippen LogP contribution in [-0.4, -0.2) is 42.0 Å². The number of ether oxygens (including phenoxy) is 1. The highest BCUT2D eigenvalue weighted by molar-refractivity contribution is 7.93. The monoisotopic (exact) mass is 560 g/mol. The van der Waals surface area contributed by atoms with Gasteiger partial charge in [-0.25, -0.2) is 22.2 Å². The molecule has 0 radical (unpaired) electrons. The molecular formula is C23H21F5N4O3S2. The van der Waals surface area contributed by atoms with Gasteiger partial charge in [-0.3, -0.25) is 9.62 Å². The van der Waals surface area contributed by atoms with Crippen LogP contribution in [0.1, 0.15) is 42.5 Å². The Morgan fingerprint density at radius 3 is 2.51 bits per heavy atom. The van der Waals surface area contributed by atoms with E-state index in [9.17, 15) is 26.0 Å². The van der Waals surface area contributed by atoms with Crippen molar-refractivity contribution >= 4 is 26.7 Å². The summed E-state index contributed by atoms with van der Waals surface area (Å²) in [5, 5.41) is -0.0365. The van der Waals surface area contributed by atoms with Gasteiger partial charge in [0.15, 0.2) is 0 Å². The van der Waals surface area contributed by atoms with Crippen molar-refractivity contribution < 1.29 is 35.1 Å². The first-order valence-corrected chi connectivity index (χ1v) is 13.6. The molecule has 1 saturated heterocycles. The van der Waals surface area contributed by atoms with Crippen LogP contribution in [0.25, 0.3) is 0 Å². The molecule has 0 bridgehead atoms. The fourth-order valence-electron chi connectivity index (χ4n) is 4.98. The Kier molecular flexibility index (Phi) is 6.83. The average Bonchev–Trinajstić information content (AvgIpc) is 3.35. The largest absolute Gasteiger partial charge is 0.493 e. The van der Waals surface area contributed by atoms with Gasteiger partial charge in [-0.2, -0.15) is 17.5 Å². The molecule has 3 heterocycles. The van der Waals surface area contributed by atoms with Gasteiger partial charge in [-0.15, -0.1) is 0 Å². The molecule has 1 aromatic heterocycles. The Morgan fingerprint density at radius 2 is 1.84 bits per heavy atom. The number of benzene rings is 2. The summed E-state index contributed by atoms with van der Waals surface area (Å²) in [7, 11) is -4.34. The first-order chi connectivity index (χ1) is 17.5. The number of fused-ring (bicyclic) bond motifs is 1. The maximum atomic E-state index is 15.2. The first-order valence-electron chi connectivity index (χ1n) is 11.4. The molecule has 2 aliphatic heterocycles. The van der Waals surface area contributed by atoms with Crippen molar-refractivity contribution in [2.75, 3.05) is 17.9 Å². The van der Waals surface area contributed by atoms with Gasteiger partial charge < -0.3 is 4.74 Å². The number of rotatable bonds is 5. The SMILES string of the molecule is O=S(=O)(Nc1ncns1)c1cc2c(cc1F)C(N1CCC(C(F)(F)F)CC1c1ccc(F)cc1)CCO2. The molecule has 1 N–H and O–H groups in total. The van der Waals surface area contributed by atoms with Crippen molar-refractivity contribution in [2.24, 2.45) is 5.92 Å². The minimum Gasteiger partial charge on any atom is -0.493 e. The first kappa shape index (κ1) is 25.8. The zero-order valence-electron chi connectivity index (χ0n) is 19.1. The number of hydrogen-bond acceptors (Lipinski definition) is 7. The molecule has 2 aromatic carbocycles. The van der Waals surface area contributed by atoms with Crippen LogP contribution < -0.4 is 9.46 Å². The molecular weight excluding hydrogens is 539 g/mol. The number of piperidine rings is 1. The highest BCUT2D eigenvalue weighted by Crippen LogP contribution is 2.48. The Balaban J connectivity index is 1.50. The number of likely N-dealkylation sites (tertiary alicyclic amines) is 1. The van der Waals surface area contributed by atoms with Crippen LogP contribution >= 0.6 is 11.5 Å². The molecule has 37 heavy (non-hydrogen) atoms. The van der Waals surface area contributed by atoms with Gasteiger partial charge in [0, 0.05) is 41.7 Å². The second-order valence-electron chi connectivity index (χ2n) is 8.89. The van der Waals surface area contributed by atoms with Crippen molar-refractivity contribution in [1.29, 1.82) is 0 Å². The third-order valence-electron chi connectivity index (χ3n) is 6.71. The normalized spacial score (nSPS) is 22.8. The molecule has 0 saturated carbocycles. The summed E-state index contributed by atoms with van der Waals surface area (Å²) in [4.78, 5) is 4.94. The lowest BCUT2D eigenvalue weighted by atomic mass is 9.84. The molecule has 0 amide bonds. The maximum Gasteiger partial charge on any atom is 0.391 e. The summed E-state index contributed by atoms with van der Waals surface area (Å²) in [5.74, 6) is -2.94. The van der Waals surface area contributed by atoms with Crippen LogP contribution in [-0.2, 0) is 10.0 Å². The van der Waals surface area contributed by atoms with Gasteiger partial charge >= 0.3 is 6.18 Å². The van der Waals surface area contributed by atoms with Gasteiger partial charge in [0.25, 0.3) is 10.0 Å². The topological polar surface area (TPSA) is 84.4 Å². The van der Waals surface area contributed by atoms with Crippen LogP contribution in [0.15, 0.2) is 47.6 Å². The summed E-state index contributed by atoms with van der Waals surface area (Å²) >= 11 is 0.784. The highest BCUT2D eigenvalue weighted by atomic mass is 32.2. The number of nitrogens with one attached hydrogen (secondary N) is 1. The number of nitrogens with zero attached hydrogens (tertiary/aromatic N) is 3. The smallest absolute Gasteiger partial charge is 0.391 e. The third kappa shape index (κ3) is 5.27. The number of aromatic nitrogens is 2. The van der Waals surface area contributed by atoms with E-state index in [2.05, 4.69) is 14.1 Å². The molecule has 1 fully saturated rings. The van der Waals surface area contributed by atoms with Gasteiger partial charge in [0.2, 0.25) is 5.13 Å². The van der Waals surface area contributed by atoms with E-state index >= 15 is 4.39 Å². The van der Waals surface area contributed by atoms with Crippen molar-refractivity contribution in [3.63, 3.8) is 0 Å². The van der Waals surface area contributed by atoms with Crippen molar-refractivity contribution in [1.82, 2.24) is 14.3 Å². The van der Waals surface area contributed by atoms with Crippen LogP contribution in [0.2, 0.25) is 0 Å². The zero-order valence-corrected chi connectivity index (χ0v) is 20.7. The Hall–Kier alpha value is -2.84. The standard InChI is InChI=1S/C23H21F5N4O3S2/c24-15-3-1-13(2-4-15)19-9-14(23(26,27)28)5-7-32(19)18-6-8-35-20-11-21(17(25)10-16(18)20)37(33,34)31-22-29-12-30-36-22/h1-4,10-12,14,18-19H,5-9H2,(H,29,30,31). The molecule has 3 aromatic rings. The molecule has 0 aliphatic carbocycles.